The van der Waals surface area contributed by atoms with Gasteiger partial charge in [0, 0.05) is 11.8 Å². The summed E-state index contributed by atoms with van der Waals surface area (Å²) in [6.07, 6.45) is 3.15. The molecule has 0 saturated carbocycles. The third-order valence-electron chi connectivity index (χ3n) is 3.65. The minimum Gasteiger partial charge on any atom is -0.396 e. The average Bonchev–Trinajstić information content (AvgIpc) is 2.58. The lowest BCUT2D eigenvalue weighted by Gasteiger charge is -2.09. The Bertz CT molecular complexity index is 770. The van der Waals surface area contributed by atoms with Crippen LogP contribution in [0.4, 0.5) is 21.6 Å². The highest BCUT2D eigenvalue weighted by molar-refractivity contribution is 5.68. The smallest absolute Gasteiger partial charge is 0.153 e. The van der Waals surface area contributed by atoms with Crippen molar-refractivity contribution in [2.45, 2.75) is 12.8 Å². The summed E-state index contributed by atoms with van der Waals surface area (Å²) in [4.78, 5) is 3.96. The van der Waals surface area contributed by atoms with Crippen LogP contribution in [0.15, 0.2) is 66.9 Å². The number of nitrogens with one attached hydrogen (secondary N) is 1. The van der Waals surface area contributed by atoms with Gasteiger partial charge in [-0.25, -0.2) is 9.37 Å². The number of pyridine rings is 1. The fraction of sp³-hybridized carbons (Fsp3) is 0.105. The summed E-state index contributed by atoms with van der Waals surface area (Å²) in [7, 11) is 0. The van der Waals surface area contributed by atoms with Crippen LogP contribution in [0, 0.1) is 5.82 Å². The Morgan fingerprint density at radius 3 is 2.22 bits per heavy atom. The van der Waals surface area contributed by atoms with Gasteiger partial charge in [0.2, 0.25) is 0 Å². The van der Waals surface area contributed by atoms with E-state index in [4.69, 9.17) is 5.73 Å². The van der Waals surface area contributed by atoms with E-state index >= 15 is 0 Å². The molecular weight excluding hydrogens is 289 g/mol. The third kappa shape index (κ3) is 4.07. The molecule has 0 amide bonds. The van der Waals surface area contributed by atoms with Crippen molar-refractivity contribution in [3.8, 4) is 0 Å². The first-order valence-corrected chi connectivity index (χ1v) is 7.51. The van der Waals surface area contributed by atoms with Crippen LogP contribution in [0.2, 0.25) is 0 Å². The van der Waals surface area contributed by atoms with Crippen molar-refractivity contribution < 1.29 is 4.39 Å². The molecule has 0 saturated heterocycles. The van der Waals surface area contributed by atoms with E-state index in [9.17, 15) is 4.39 Å². The number of nitrogen functional groups attached to an aromatic ring is 1. The van der Waals surface area contributed by atoms with E-state index in [0.717, 1.165) is 24.7 Å². The number of hydrogen-bond acceptors (Lipinski definition) is 3. The van der Waals surface area contributed by atoms with Crippen molar-refractivity contribution in [3.05, 3.63) is 83.8 Å². The monoisotopic (exact) mass is 307 g/mol. The van der Waals surface area contributed by atoms with Crippen LogP contribution >= 0.6 is 0 Å². The van der Waals surface area contributed by atoms with Crippen molar-refractivity contribution in [1.29, 1.82) is 0 Å². The highest BCUT2D eigenvalue weighted by Crippen LogP contribution is 2.21. The van der Waals surface area contributed by atoms with Gasteiger partial charge >= 0.3 is 0 Å². The van der Waals surface area contributed by atoms with E-state index in [0.29, 0.717) is 5.82 Å². The second-order valence-electron chi connectivity index (χ2n) is 5.40. The Morgan fingerprint density at radius 1 is 0.913 bits per heavy atom. The van der Waals surface area contributed by atoms with Crippen LogP contribution in [0.5, 0.6) is 0 Å². The molecular formula is C19H18FN3. The topological polar surface area (TPSA) is 50.9 Å². The number of halogens is 1. The normalized spacial score (nSPS) is 10.5. The zero-order valence-corrected chi connectivity index (χ0v) is 12.7. The van der Waals surface area contributed by atoms with Crippen LogP contribution in [-0.2, 0) is 12.8 Å². The minimum absolute atomic E-state index is 0.290. The predicted octanol–water partition coefficient (Wildman–Crippen LogP) is 4.33. The van der Waals surface area contributed by atoms with Crippen molar-refractivity contribution in [2.75, 3.05) is 11.1 Å². The van der Waals surface area contributed by atoms with Crippen LogP contribution in [0.3, 0.4) is 0 Å². The maximum absolute atomic E-state index is 13.0. The molecule has 3 N–H and O–H groups in total. The molecule has 23 heavy (non-hydrogen) atoms. The first-order valence-electron chi connectivity index (χ1n) is 7.51. The Morgan fingerprint density at radius 2 is 1.57 bits per heavy atom. The SMILES string of the molecule is Nc1cc(F)cnc1Nc1ccc(CCc2ccccc2)cc1. The second-order valence-corrected chi connectivity index (χ2v) is 5.40. The van der Waals surface area contributed by atoms with Crippen molar-refractivity contribution >= 4 is 17.2 Å². The fourth-order valence-corrected chi connectivity index (χ4v) is 2.38. The molecule has 3 rings (SSSR count). The molecule has 116 valence electrons. The molecule has 2 aromatic carbocycles. The molecule has 0 bridgehead atoms. The van der Waals surface area contributed by atoms with Gasteiger partial charge in [0.15, 0.2) is 5.82 Å². The lowest BCUT2D eigenvalue weighted by molar-refractivity contribution is 0.622. The summed E-state index contributed by atoms with van der Waals surface area (Å²) in [5, 5.41) is 3.10. The number of nitrogens with two attached hydrogens (primary N) is 1. The van der Waals surface area contributed by atoms with Gasteiger partial charge in [-0.05, 0) is 36.1 Å². The molecule has 1 aromatic heterocycles. The number of nitrogens with zero attached hydrogens (tertiary/aromatic N) is 1. The average molecular weight is 307 g/mol. The van der Waals surface area contributed by atoms with Gasteiger partial charge in [0.1, 0.15) is 5.82 Å². The molecule has 0 radical (unpaired) electrons. The molecule has 3 nitrogen and oxygen atoms in total. The zero-order valence-electron chi connectivity index (χ0n) is 12.7. The fourth-order valence-electron chi connectivity index (χ4n) is 2.38. The summed E-state index contributed by atoms with van der Waals surface area (Å²) in [6, 6.07) is 19.8. The first kappa shape index (κ1) is 15.0. The van der Waals surface area contributed by atoms with E-state index in [-0.39, 0.29) is 5.69 Å². The van der Waals surface area contributed by atoms with E-state index in [1.807, 2.05) is 18.2 Å². The maximum atomic E-state index is 13.0. The maximum Gasteiger partial charge on any atom is 0.153 e. The van der Waals surface area contributed by atoms with Gasteiger partial charge in [-0.3, -0.25) is 0 Å². The first-order chi connectivity index (χ1) is 11.2. The van der Waals surface area contributed by atoms with E-state index in [1.165, 1.54) is 17.2 Å². The van der Waals surface area contributed by atoms with Gasteiger partial charge < -0.3 is 11.1 Å². The largest absolute Gasteiger partial charge is 0.396 e. The summed E-state index contributed by atoms with van der Waals surface area (Å²) >= 11 is 0. The number of aromatic nitrogens is 1. The Kier molecular flexibility index (Phi) is 4.52. The Labute approximate surface area is 135 Å². The van der Waals surface area contributed by atoms with Crippen molar-refractivity contribution in [3.63, 3.8) is 0 Å². The summed E-state index contributed by atoms with van der Waals surface area (Å²) in [5.41, 5.74) is 9.51. The molecule has 0 aliphatic carbocycles. The number of aryl methyl sites for hydroxylation is 2. The van der Waals surface area contributed by atoms with Gasteiger partial charge in [-0.1, -0.05) is 42.5 Å². The summed E-state index contributed by atoms with van der Waals surface area (Å²) in [6.45, 7) is 0. The third-order valence-corrected chi connectivity index (χ3v) is 3.65. The highest BCUT2D eigenvalue weighted by Gasteiger charge is 2.03. The van der Waals surface area contributed by atoms with Gasteiger partial charge in [-0.15, -0.1) is 0 Å². The number of anilines is 3. The molecule has 0 fully saturated rings. The molecule has 0 atom stereocenters. The van der Waals surface area contributed by atoms with Crippen LogP contribution in [-0.4, -0.2) is 4.98 Å². The molecule has 1 heterocycles. The van der Waals surface area contributed by atoms with Gasteiger partial charge in [0.25, 0.3) is 0 Å². The van der Waals surface area contributed by atoms with Gasteiger partial charge in [-0.2, -0.15) is 0 Å². The van der Waals surface area contributed by atoms with Crippen LogP contribution < -0.4 is 11.1 Å². The lowest BCUT2D eigenvalue weighted by Crippen LogP contribution is -2.00. The van der Waals surface area contributed by atoms with Crippen LogP contribution in [0.25, 0.3) is 0 Å². The van der Waals surface area contributed by atoms with Gasteiger partial charge in [0.05, 0.1) is 11.9 Å². The minimum atomic E-state index is -0.440. The molecule has 0 unspecified atom stereocenters. The van der Waals surface area contributed by atoms with E-state index in [2.05, 4.69) is 46.7 Å². The highest BCUT2D eigenvalue weighted by atomic mass is 19.1. The summed E-state index contributed by atoms with van der Waals surface area (Å²) < 4.78 is 13.0. The number of rotatable bonds is 5. The standard InChI is InChI=1S/C19H18FN3/c20-16-12-18(21)19(22-13-16)23-17-10-8-15(9-11-17)7-6-14-4-2-1-3-5-14/h1-5,8-13H,6-7,21H2,(H,22,23). The second kappa shape index (κ2) is 6.92. The van der Waals surface area contributed by atoms with Crippen molar-refractivity contribution in [2.24, 2.45) is 0 Å². The molecule has 0 spiro atoms. The van der Waals surface area contributed by atoms with Crippen LogP contribution in [0.1, 0.15) is 11.1 Å². The number of hydrogen-bond donors (Lipinski definition) is 2. The molecule has 3 aromatic rings. The predicted molar refractivity (Wildman–Crippen MR) is 92.2 cm³/mol. The number of benzene rings is 2. The Hall–Kier alpha value is -2.88. The van der Waals surface area contributed by atoms with Crippen molar-refractivity contribution in [1.82, 2.24) is 4.98 Å². The molecule has 0 aliphatic rings. The molecule has 0 aliphatic heterocycles. The quantitative estimate of drug-likeness (QED) is 0.737. The van der Waals surface area contributed by atoms with E-state index < -0.39 is 5.82 Å². The van der Waals surface area contributed by atoms with E-state index in [1.54, 1.807) is 0 Å². The zero-order chi connectivity index (χ0) is 16.1. The summed E-state index contributed by atoms with van der Waals surface area (Å²) in [5.74, 6) is 0.0211. The lowest BCUT2D eigenvalue weighted by atomic mass is 10.0. The Balaban J connectivity index is 1.63. The molecule has 4 heteroatoms.